The van der Waals surface area contributed by atoms with Crippen LogP contribution in [0.1, 0.15) is 52.4 Å². The molecule has 0 saturated carbocycles. The number of amides is 1. The Morgan fingerprint density at radius 1 is 1.29 bits per heavy atom. The van der Waals surface area contributed by atoms with Crippen LogP contribution < -0.4 is 0 Å². The molecular formula is C15H23F2NO3. The van der Waals surface area contributed by atoms with Crippen LogP contribution in [0, 0.1) is 0 Å². The van der Waals surface area contributed by atoms with E-state index in [2.05, 4.69) is 0 Å². The lowest BCUT2D eigenvalue weighted by molar-refractivity contribution is -0.121. The molecule has 0 aromatic rings. The van der Waals surface area contributed by atoms with Crippen molar-refractivity contribution in [2.75, 3.05) is 13.1 Å². The first-order valence-electron chi connectivity index (χ1n) is 7.47. The second kappa shape index (κ2) is 8.10. The third-order valence-electron chi connectivity index (χ3n) is 3.54. The van der Waals surface area contributed by atoms with Gasteiger partial charge >= 0.3 is 12.0 Å². The number of hydrogen-bond acceptors (Lipinski definition) is 3. The molecule has 1 rings (SSSR count). The van der Waals surface area contributed by atoms with Gasteiger partial charge < -0.3 is 9.64 Å². The molecule has 21 heavy (non-hydrogen) atoms. The van der Waals surface area contributed by atoms with Crippen LogP contribution in [-0.4, -0.2) is 35.8 Å². The Balaban J connectivity index is 2.85. The summed E-state index contributed by atoms with van der Waals surface area (Å²) in [5, 5.41) is 0. The molecule has 0 atom stereocenters. The predicted octanol–water partition coefficient (Wildman–Crippen LogP) is 3.91. The number of ether oxygens (including phenoxy) is 1. The molecule has 0 aromatic carbocycles. The molecule has 0 radical (unpaired) electrons. The molecule has 1 aliphatic rings. The molecule has 4 nitrogen and oxygen atoms in total. The standard InChI is InChI=1S/C15H23F2NO3/c1-3-18(4-2)14(20)21-13-9-7-5-6-8-12(19)10-11-15(13,16)17/h9H,3-8,10-11H2,1-2H3/b13-9+. The summed E-state index contributed by atoms with van der Waals surface area (Å²) >= 11 is 0. The van der Waals surface area contributed by atoms with Crippen molar-refractivity contribution >= 4 is 11.9 Å². The fourth-order valence-electron chi connectivity index (χ4n) is 2.15. The van der Waals surface area contributed by atoms with E-state index in [-0.39, 0.29) is 12.2 Å². The molecule has 0 saturated heterocycles. The largest absolute Gasteiger partial charge is 0.415 e. The molecular weight excluding hydrogens is 280 g/mol. The predicted molar refractivity (Wildman–Crippen MR) is 75.1 cm³/mol. The maximum atomic E-state index is 14.1. The highest BCUT2D eigenvalue weighted by Crippen LogP contribution is 2.32. The van der Waals surface area contributed by atoms with E-state index in [1.54, 1.807) is 13.8 Å². The smallest absolute Gasteiger partial charge is 0.409 e. The minimum Gasteiger partial charge on any atom is -0.409 e. The summed E-state index contributed by atoms with van der Waals surface area (Å²) in [4.78, 5) is 24.6. The molecule has 0 heterocycles. The first-order valence-corrected chi connectivity index (χ1v) is 7.47. The summed E-state index contributed by atoms with van der Waals surface area (Å²) in [5.41, 5.74) is 0. The van der Waals surface area contributed by atoms with E-state index < -0.39 is 24.2 Å². The van der Waals surface area contributed by atoms with E-state index in [1.165, 1.54) is 11.0 Å². The third kappa shape index (κ3) is 5.44. The number of rotatable bonds is 3. The van der Waals surface area contributed by atoms with Gasteiger partial charge in [0, 0.05) is 32.4 Å². The normalized spacial score (nSPS) is 22.1. The number of ketones is 1. The summed E-state index contributed by atoms with van der Waals surface area (Å²) < 4.78 is 33.1. The van der Waals surface area contributed by atoms with Crippen molar-refractivity contribution in [3.63, 3.8) is 0 Å². The lowest BCUT2D eigenvalue weighted by atomic mass is 10.0. The van der Waals surface area contributed by atoms with Crippen LogP contribution in [0.4, 0.5) is 13.6 Å². The van der Waals surface area contributed by atoms with Crippen LogP contribution in [0.3, 0.4) is 0 Å². The van der Waals surface area contributed by atoms with Gasteiger partial charge in [0.25, 0.3) is 0 Å². The molecule has 0 aliphatic heterocycles. The van der Waals surface area contributed by atoms with Crippen LogP contribution in [0.2, 0.25) is 0 Å². The van der Waals surface area contributed by atoms with E-state index in [0.29, 0.717) is 38.8 Å². The van der Waals surface area contributed by atoms with E-state index in [4.69, 9.17) is 4.74 Å². The van der Waals surface area contributed by atoms with Gasteiger partial charge in [-0.3, -0.25) is 4.79 Å². The number of hydrogen-bond donors (Lipinski definition) is 0. The molecule has 0 N–H and O–H groups in total. The molecule has 0 aromatic heterocycles. The number of allylic oxidation sites excluding steroid dienone is 2. The summed E-state index contributed by atoms with van der Waals surface area (Å²) in [6, 6.07) is 0. The summed E-state index contributed by atoms with van der Waals surface area (Å²) in [6.07, 6.45) is 1.76. The Morgan fingerprint density at radius 2 is 1.95 bits per heavy atom. The summed E-state index contributed by atoms with van der Waals surface area (Å²) in [7, 11) is 0. The maximum absolute atomic E-state index is 14.1. The SMILES string of the molecule is CCN(CC)C(=O)O/C1=C/CCCCC(=O)CCC1(F)F. The number of carbonyl (C=O) groups is 2. The molecule has 6 heteroatoms. The van der Waals surface area contributed by atoms with E-state index in [9.17, 15) is 18.4 Å². The van der Waals surface area contributed by atoms with E-state index >= 15 is 0 Å². The van der Waals surface area contributed by atoms with Crippen molar-refractivity contribution in [3.8, 4) is 0 Å². The van der Waals surface area contributed by atoms with Gasteiger partial charge in [0.2, 0.25) is 0 Å². The summed E-state index contributed by atoms with van der Waals surface area (Å²) in [6.45, 7) is 4.30. The highest BCUT2D eigenvalue weighted by atomic mass is 19.3. The number of Topliss-reactive ketones (excluding diaryl/α,β-unsaturated/α-hetero) is 1. The van der Waals surface area contributed by atoms with Gasteiger partial charge in [-0.2, -0.15) is 8.78 Å². The minimum absolute atomic E-state index is 0.161. The van der Waals surface area contributed by atoms with Gasteiger partial charge in [-0.1, -0.05) is 0 Å². The zero-order valence-corrected chi connectivity index (χ0v) is 12.7. The summed E-state index contributed by atoms with van der Waals surface area (Å²) in [5.74, 6) is -4.06. The Labute approximate surface area is 124 Å². The molecule has 0 bridgehead atoms. The average Bonchev–Trinajstić information content (AvgIpc) is 2.44. The average molecular weight is 303 g/mol. The second-order valence-electron chi connectivity index (χ2n) is 5.10. The van der Waals surface area contributed by atoms with Gasteiger partial charge in [-0.25, -0.2) is 4.79 Å². The van der Waals surface area contributed by atoms with Crippen molar-refractivity contribution in [2.45, 2.75) is 58.3 Å². The first kappa shape index (κ1) is 17.6. The zero-order chi connectivity index (χ0) is 15.9. The van der Waals surface area contributed by atoms with Gasteiger partial charge in [-0.05, 0) is 39.2 Å². The number of carbonyl (C=O) groups excluding carboxylic acids is 2. The van der Waals surface area contributed by atoms with Gasteiger partial charge in [0.1, 0.15) is 5.78 Å². The number of halogens is 2. The third-order valence-corrected chi connectivity index (χ3v) is 3.54. The molecule has 1 amide bonds. The Hall–Kier alpha value is -1.46. The van der Waals surface area contributed by atoms with Gasteiger partial charge in [0.05, 0.1) is 0 Å². The van der Waals surface area contributed by atoms with Gasteiger partial charge in [-0.15, -0.1) is 0 Å². The number of nitrogens with zero attached hydrogens (tertiary/aromatic N) is 1. The highest BCUT2D eigenvalue weighted by Gasteiger charge is 2.38. The fraction of sp³-hybridized carbons (Fsp3) is 0.733. The lowest BCUT2D eigenvalue weighted by Gasteiger charge is -2.24. The molecule has 120 valence electrons. The van der Waals surface area contributed by atoms with E-state index in [0.717, 1.165) is 0 Å². The van der Waals surface area contributed by atoms with Crippen molar-refractivity contribution in [3.05, 3.63) is 11.8 Å². The van der Waals surface area contributed by atoms with E-state index in [1.807, 2.05) is 0 Å². The van der Waals surface area contributed by atoms with Crippen molar-refractivity contribution in [1.29, 1.82) is 0 Å². The topological polar surface area (TPSA) is 46.6 Å². The Kier molecular flexibility index (Phi) is 6.78. The van der Waals surface area contributed by atoms with Gasteiger partial charge in [0.15, 0.2) is 5.76 Å². The monoisotopic (exact) mass is 303 g/mol. The first-order chi connectivity index (χ1) is 9.90. The Bertz CT molecular complexity index is 404. The minimum atomic E-state index is -3.28. The number of alkyl halides is 2. The van der Waals surface area contributed by atoms with Crippen LogP contribution in [-0.2, 0) is 9.53 Å². The van der Waals surface area contributed by atoms with Crippen molar-refractivity contribution in [2.24, 2.45) is 0 Å². The zero-order valence-electron chi connectivity index (χ0n) is 12.7. The molecule has 1 aliphatic carbocycles. The second-order valence-corrected chi connectivity index (χ2v) is 5.10. The fourth-order valence-corrected chi connectivity index (χ4v) is 2.15. The maximum Gasteiger partial charge on any atom is 0.415 e. The lowest BCUT2D eigenvalue weighted by Crippen LogP contribution is -2.34. The Morgan fingerprint density at radius 3 is 2.57 bits per heavy atom. The molecule has 0 spiro atoms. The highest BCUT2D eigenvalue weighted by molar-refractivity contribution is 5.78. The van der Waals surface area contributed by atoms with Crippen molar-refractivity contribution in [1.82, 2.24) is 4.90 Å². The quantitative estimate of drug-likeness (QED) is 0.794. The van der Waals surface area contributed by atoms with Crippen LogP contribution in [0.15, 0.2) is 11.8 Å². The molecule has 0 unspecified atom stereocenters. The van der Waals surface area contributed by atoms with Crippen LogP contribution >= 0.6 is 0 Å². The van der Waals surface area contributed by atoms with Crippen molar-refractivity contribution < 1.29 is 23.1 Å². The molecule has 0 fully saturated rings. The van der Waals surface area contributed by atoms with Crippen LogP contribution in [0.5, 0.6) is 0 Å². The van der Waals surface area contributed by atoms with Crippen LogP contribution in [0.25, 0.3) is 0 Å².